The van der Waals surface area contributed by atoms with Gasteiger partial charge < -0.3 is 19.5 Å². The molecular formula is C34H45N3O3S. The van der Waals surface area contributed by atoms with Crippen molar-refractivity contribution < 1.29 is 14.6 Å². The summed E-state index contributed by atoms with van der Waals surface area (Å²) in [6, 6.07) is 13.0. The van der Waals surface area contributed by atoms with E-state index in [-0.39, 0.29) is 6.61 Å². The predicted octanol–water partition coefficient (Wildman–Crippen LogP) is 6.11. The summed E-state index contributed by atoms with van der Waals surface area (Å²) in [4.78, 5) is 11.3. The summed E-state index contributed by atoms with van der Waals surface area (Å²) < 4.78 is 12.0. The zero-order valence-corrected chi connectivity index (χ0v) is 25.6. The molecule has 6 nitrogen and oxygen atoms in total. The first-order valence-corrected chi connectivity index (χ1v) is 16.3. The third kappa shape index (κ3) is 6.40. The Morgan fingerprint density at radius 2 is 1.63 bits per heavy atom. The predicted molar refractivity (Wildman–Crippen MR) is 167 cm³/mol. The number of fused-ring (bicyclic) bond motifs is 1. The number of aliphatic hydroxyl groups is 1. The number of hydrogen-bond acceptors (Lipinski definition) is 7. The van der Waals surface area contributed by atoms with Crippen molar-refractivity contribution in [2.45, 2.75) is 58.9 Å². The Morgan fingerprint density at radius 1 is 0.902 bits per heavy atom. The minimum absolute atomic E-state index is 0.208. The highest BCUT2D eigenvalue weighted by atomic mass is 32.1. The average Bonchev–Trinajstić information content (AvgIpc) is 3.41. The molecule has 2 saturated heterocycles. The van der Waals surface area contributed by atoms with Crippen LogP contribution in [0, 0.1) is 19.3 Å². The van der Waals surface area contributed by atoms with Crippen LogP contribution in [0.4, 0.5) is 0 Å². The molecule has 0 bridgehead atoms. The molecule has 3 aliphatic rings. The molecule has 7 heteroatoms. The number of aliphatic hydroxyl groups excluding tert-OH is 1. The summed E-state index contributed by atoms with van der Waals surface area (Å²) >= 11 is 1.81. The highest BCUT2D eigenvalue weighted by Gasteiger charge is 2.35. The zero-order chi connectivity index (χ0) is 28.2. The first-order valence-electron chi connectivity index (χ1n) is 15.5. The van der Waals surface area contributed by atoms with Crippen LogP contribution in [0.3, 0.4) is 0 Å². The van der Waals surface area contributed by atoms with Crippen molar-refractivity contribution in [1.82, 2.24) is 14.8 Å². The SMILES string of the molecule is Cc1c(OCCCN2CCC3(CCOCC3)CC2)cccc1-c1cccc(-c2nc3c(s2)CN(CCO)CC3)c1C. The molecule has 1 N–H and O–H groups in total. The van der Waals surface area contributed by atoms with Crippen molar-refractivity contribution in [2.75, 3.05) is 59.2 Å². The van der Waals surface area contributed by atoms with E-state index >= 15 is 0 Å². The molecule has 3 aromatic rings. The van der Waals surface area contributed by atoms with Crippen molar-refractivity contribution in [1.29, 1.82) is 0 Å². The third-order valence-corrected chi connectivity index (χ3v) is 10.8. The molecule has 0 radical (unpaired) electrons. The van der Waals surface area contributed by atoms with Crippen molar-refractivity contribution in [3.05, 3.63) is 58.1 Å². The maximum Gasteiger partial charge on any atom is 0.124 e. The minimum Gasteiger partial charge on any atom is -0.493 e. The quantitative estimate of drug-likeness (QED) is 0.311. The Morgan fingerprint density at radius 3 is 2.41 bits per heavy atom. The lowest BCUT2D eigenvalue weighted by Gasteiger charge is -2.44. The molecule has 6 rings (SSSR count). The van der Waals surface area contributed by atoms with Gasteiger partial charge in [0, 0.05) is 56.3 Å². The number of β-amino-alcohol motifs (C(OH)–C–C–N with tert-alkyl or cyclic N) is 1. The number of ether oxygens (including phenoxy) is 2. The molecule has 1 spiro atoms. The van der Waals surface area contributed by atoms with Gasteiger partial charge in [-0.05, 0) is 92.8 Å². The van der Waals surface area contributed by atoms with E-state index in [4.69, 9.17) is 14.5 Å². The fourth-order valence-electron chi connectivity index (χ4n) is 6.94. The summed E-state index contributed by atoms with van der Waals surface area (Å²) in [5.74, 6) is 0.987. The monoisotopic (exact) mass is 575 g/mol. The average molecular weight is 576 g/mol. The van der Waals surface area contributed by atoms with Crippen molar-refractivity contribution in [3.63, 3.8) is 0 Å². The van der Waals surface area contributed by atoms with Gasteiger partial charge in [0.2, 0.25) is 0 Å². The van der Waals surface area contributed by atoms with Crippen molar-refractivity contribution in [3.8, 4) is 27.4 Å². The molecule has 220 valence electrons. The van der Waals surface area contributed by atoms with Gasteiger partial charge in [-0.3, -0.25) is 4.90 Å². The van der Waals surface area contributed by atoms with E-state index in [1.54, 1.807) is 11.3 Å². The first kappa shape index (κ1) is 28.8. The summed E-state index contributed by atoms with van der Waals surface area (Å²) in [5.41, 5.74) is 7.93. The van der Waals surface area contributed by atoms with Gasteiger partial charge in [0.05, 0.1) is 18.9 Å². The fraction of sp³-hybridized carbons (Fsp3) is 0.559. The van der Waals surface area contributed by atoms with E-state index in [0.717, 1.165) is 69.6 Å². The summed E-state index contributed by atoms with van der Waals surface area (Å²) in [6.07, 6.45) is 7.15. The molecule has 3 aliphatic heterocycles. The molecule has 2 fully saturated rings. The van der Waals surface area contributed by atoms with Gasteiger partial charge in [-0.15, -0.1) is 11.3 Å². The Labute approximate surface area is 249 Å². The first-order chi connectivity index (χ1) is 20.0. The van der Waals surface area contributed by atoms with Gasteiger partial charge >= 0.3 is 0 Å². The van der Waals surface area contributed by atoms with Crippen LogP contribution >= 0.6 is 11.3 Å². The molecule has 41 heavy (non-hydrogen) atoms. The molecule has 0 unspecified atom stereocenters. The number of hydrogen-bond donors (Lipinski definition) is 1. The lowest BCUT2D eigenvalue weighted by atomic mass is 9.72. The molecule has 0 saturated carbocycles. The topological polar surface area (TPSA) is 58.1 Å². The smallest absolute Gasteiger partial charge is 0.124 e. The van der Waals surface area contributed by atoms with Crippen molar-refractivity contribution >= 4 is 11.3 Å². The molecule has 0 aliphatic carbocycles. The van der Waals surface area contributed by atoms with Crippen LogP contribution in [0.25, 0.3) is 21.7 Å². The van der Waals surface area contributed by atoms with Gasteiger partial charge in [-0.1, -0.05) is 30.3 Å². The molecule has 2 aromatic carbocycles. The largest absolute Gasteiger partial charge is 0.493 e. The highest BCUT2D eigenvalue weighted by molar-refractivity contribution is 7.15. The maximum absolute atomic E-state index is 9.35. The van der Waals surface area contributed by atoms with Crippen LogP contribution < -0.4 is 4.74 Å². The van der Waals surface area contributed by atoms with Gasteiger partial charge in [0.25, 0.3) is 0 Å². The van der Waals surface area contributed by atoms with Crippen LogP contribution in [0.2, 0.25) is 0 Å². The number of thiazole rings is 1. The van der Waals surface area contributed by atoms with Crippen LogP contribution in [-0.2, 0) is 17.7 Å². The Kier molecular flexibility index (Phi) is 9.08. The van der Waals surface area contributed by atoms with E-state index in [1.165, 1.54) is 77.2 Å². The minimum atomic E-state index is 0.208. The van der Waals surface area contributed by atoms with Crippen LogP contribution in [0.15, 0.2) is 36.4 Å². The molecule has 4 heterocycles. The van der Waals surface area contributed by atoms with Crippen LogP contribution in [0.1, 0.15) is 53.8 Å². The van der Waals surface area contributed by atoms with Gasteiger partial charge in [0.1, 0.15) is 10.8 Å². The third-order valence-electron chi connectivity index (χ3n) is 9.71. The summed E-state index contributed by atoms with van der Waals surface area (Å²) in [7, 11) is 0. The van der Waals surface area contributed by atoms with Crippen LogP contribution in [-0.4, -0.2) is 79.0 Å². The number of rotatable bonds is 9. The van der Waals surface area contributed by atoms with E-state index in [0.29, 0.717) is 5.41 Å². The van der Waals surface area contributed by atoms with Gasteiger partial charge in [-0.2, -0.15) is 0 Å². The normalized spacial score (nSPS) is 19.4. The van der Waals surface area contributed by atoms with E-state index in [1.807, 2.05) is 0 Å². The molecular weight excluding hydrogens is 530 g/mol. The number of benzene rings is 2. The summed E-state index contributed by atoms with van der Waals surface area (Å²) in [6.45, 7) is 13.4. The van der Waals surface area contributed by atoms with E-state index in [9.17, 15) is 5.11 Å². The highest BCUT2D eigenvalue weighted by Crippen LogP contribution is 2.41. The second-order valence-electron chi connectivity index (χ2n) is 12.2. The lowest BCUT2D eigenvalue weighted by Crippen LogP contribution is -2.43. The second-order valence-corrected chi connectivity index (χ2v) is 13.3. The number of aromatic nitrogens is 1. The second kappa shape index (κ2) is 12.9. The van der Waals surface area contributed by atoms with Gasteiger partial charge in [-0.25, -0.2) is 4.98 Å². The fourth-order valence-corrected chi connectivity index (χ4v) is 8.18. The lowest BCUT2D eigenvalue weighted by molar-refractivity contribution is -0.0209. The molecule has 0 atom stereocenters. The van der Waals surface area contributed by atoms with Crippen molar-refractivity contribution in [2.24, 2.45) is 5.41 Å². The zero-order valence-electron chi connectivity index (χ0n) is 24.8. The Bertz CT molecular complexity index is 1320. The Hall–Kier alpha value is -2.29. The van der Waals surface area contributed by atoms with Gasteiger partial charge in [0.15, 0.2) is 0 Å². The number of nitrogens with zero attached hydrogens (tertiary/aromatic N) is 3. The van der Waals surface area contributed by atoms with Crippen LogP contribution in [0.5, 0.6) is 5.75 Å². The molecule has 0 amide bonds. The number of likely N-dealkylation sites (tertiary alicyclic amines) is 1. The summed E-state index contributed by atoms with van der Waals surface area (Å²) in [5, 5.41) is 10.5. The number of piperidine rings is 1. The molecule has 1 aromatic heterocycles. The van der Waals surface area contributed by atoms with E-state index < -0.39 is 0 Å². The Balaban J connectivity index is 1.09. The van der Waals surface area contributed by atoms with E-state index in [2.05, 4.69) is 60.0 Å². The standard InChI is InChI=1S/C34H45N3O3S/c1-25-27(6-3-8-29(25)33-35-30-10-16-37(19-20-38)24-32(30)41-33)28-7-4-9-31(26(28)2)40-21-5-15-36-17-11-34(12-18-36)13-22-39-23-14-34/h3-4,6-9,38H,5,10-24H2,1-2H3. The maximum atomic E-state index is 9.35.